The van der Waals surface area contributed by atoms with Crippen molar-refractivity contribution in [2.24, 2.45) is 5.92 Å². The molecule has 2 unspecified atom stereocenters. The number of ketones is 1. The van der Waals surface area contributed by atoms with Crippen molar-refractivity contribution in [2.75, 3.05) is 6.61 Å². The van der Waals surface area contributed by atoms with Crippen molar-refractivity contribution in [2.45, 2.75) is 50.6 Å². The number of fused-ring (bicyclic) bond motifs is 5. The first-order valence-corrected chi connectivity index (χ1v) is 12.6. The summed E-state index contributed by atoms with van der Waals surface area (Å²) in [4.78, 5) is 28.3. The number of halogens is 2. The first-order chi connectivity index (χ1) is 17.4. The summed E-state index contributed by atoms with van der Waals surface area (Å²) in [7, 11) is 0. The van der Waals surface area contributed by atoms with E-state index in [0.29, 0.717) is 12.8 Å². The summed E-state index contributed by atoms with van der Waals surface area (Å²) in [5.41, 5.74) is 4.97. The molecule has 36 heavy (non-hydrogen) atoms. The molecule has 0 spiro atoms. The number of hydrogen-bond donors (Lipinski definition) is 0. The fourth-order valence-electron chi connectivity index (χ4n) is 6.50. The van der Waals surface area contributed by atoms with Gasteiger partial charge in [-0.3, -0.25) is 4.79 Å². The molecule has 6 heteroatoms. The maximum Gasteiger partial charge on any atom is 0.410 e. The molecule has 1 amide bonds. The van der Waals surface area contributed by atoms with Crippen LogP contribution in [0.15, 0.2) is 60.7 Å². The van der Waals surface area contributed by atoms with Crippen LogP contribution in [0.4, 0.5) is 13.6 Å². The number of hydrogen-bond acceptors (Lipinski definition) is 3. The molecule has 0 radical (unpaired) electrons. The summed E-state index contributed by atoms with van der Waals surface area (Å²) in [6, 6.07) is 18.7. The first-order valence-electron chi connectivity index (χ1n) is 12.6. The Morgan fingerprint density at radius 2 is 1.47 bits per heavy atom. The summed E-state index contributed by atoms with van der Waals surface area (Å²) >= 11 is 0. The summed E-state index contributed by atoms with van der Waals surface area (Å²) < 4.78 is 33.5. The third-order valence-corrected chi connectivity index (χ3v) is 8.26. The Morgan fingerprint density at radius 3 is 2.08 bits per heavy atom. The molecule has 3 aromatic rings. The molecule has 2 aliphatic heterocycles. The van der Waals surface area contributed by atoms with Crippen LogP contribution in [-0.2, 0) is 4.74 Å². The molecule has 1 aliphatic carbocycles. The van der Waals surface area contributed by atoms with Crippen LogP contribution in [0.3, 0.4) is 0 Å². The Labute approximate surface area is 208 Å². The molecular weight excluding hydrogens is 460 g/mol. The first kappa shape index (κ1) is 22.9. The van der Waals surface area contributed by atoms with Crippen molar-refractivity contribution in [3.05, 3.63) is 94.6 Å². The normalized spacial score (nSPS) is 22.3. The average Bonchev–Trinajstić information content (AvgIpc) is 3.36. The van der Waals surface area contributed by atoms with Gasteiger partial charge in [-0.2, -0.15) is 0 Å². The van der Waals surface area contributed by atoms with Crippen molar-refractivity contribution in [1.29, 1.82) is 0 Å². The van der Waals surface area contributed by atoms with Gasteiger partial charge in [-0.25, -0.2) is 13.6 Å². The lowest BCUT2D eigenvalue weighted by atomic mass is 9.83. The molecule has 3 aromatic carbocycles. The second-order valence-corrected chi connectivity index (χ2v) is 10.2. The number of amides is 1. The maximum atomic E-state index is 14.1. The molecule has 2 heterocycles. The van der Waals surface area contributed by atoms with Crippen LogP contribution < -0.4 is 0 Å². The van der Waals surface area contributed by atoms with Gasteiger partial charge in [0.25, 0.3) is 0 Å². The van der Waals surface area contributed by atoms with Gasteiger partial charge in [-0.05, 0) is 72.6 Å². The summed E-state index contributed by atoms with van der Waals surface area (Å²) in [5.74, 6) is -2.41. The van der Waals surface area contributed by atoms with Gasteiger partial charge in [0, 0.05) is 29.5 Å². The Balaban J connectivity index is 1.15. The second kappa shape index (κ2) is 8.84. The zero-order valence-corrected chi connectivity index (χ0v) is 20.0. The van der Waals surface area contributed by atoms with E-state index in [4.69, 9.17) is 4.74 Å². The highest BCUT2D eigenvalue weighted by Gasteiger charge is 2.46. The molecular formula is C30H27F2NO3. The Morgan fingerprint density at radius 1 is 0.889 bits per heavy atom. The molecule has 2 bridgehead atoms. The highest BCUT2D eigenvalue weighted by molar-refractivity contribution is 5.99. The van der Waals surface area contributed by atoms with E-state index in [0.717, 1.165) is 18.9 Å². The maximum absolute atomic E-state index is 14.1. The Hall–Kier alpha value is -3.54. The zero-order valence-electron chi connectivity index (χ0n) is 20.0. The van der Waals surface area contributed by atoms with Crippen LogP contribution >= 0.6 is 0 Å². The van der Waals surface area contributed by atoms with Crippen LogP contribution in [0.2, 0.25) is 0 Å². The minimum atomic E-state index is -0.972. The fourth-order valence-corrected chi connectivity index (χ4v) is 6.50. The molecule has 2 fully saturated rings. The monoisotopic (exact) mass is 487 g/mol. The largest absolute Gasteiger partial charge is 0.448 e. The molecule has 6 rings (SSSR count). The second-order valence-electron chi connectivity index (χ2n) is 10.2. The van der Waals surface area contributed by atoms with Crippen LogP contribution in [0.5, 0.6) is 0 Å². The number of carbonyl (C=O) groups excluding carboxylic acids is 2. The minimum Gasteiger partial charge on any atom is -0.448 e. The quantitative estimate of drug-likeness (QED) is 0.387. The highest BCUT2D eigenvalue weighted by Crippen LogP contribution is 2.45. The third-order valence-electron chi connectivity index (χ3n) is 8.26. The Kier molecular flexibility index (Phi) is 5.62. The van der Waals surface area contributed by atoms with E-state index < -0.39 is 11.6 Å². The lowest BCUT2D eigenvalue weighted by Gasteiger charge is -2.38. The van der Waals surface area contributed by atoms with Gasteiger partial charge in [0.15, 0.2) is 17.4 Å². The van der Waals surface area contributed by atoms with E-state index in [2.05, 4.69) is 24.3 Å². The van der Waals surface area contributed by atoms with Gasteiger partial charge in [0.1, 0.15) is 6.61 Å². The number of carbonyl (C=O) groups is 2. The van der Waals surface area contributed by atoms with E-state index in [1.54, 1.807) is 0 Å². The van der Waals surface area contributed by atoms with Gasteiger partial charge >= 0.3 is 6.09 Å². The number of rotatable bonds is 4. The fraction of sp³-hybridized carbons (Fsp3) is 0.333. The molecule has 3 aliphatic rings. The number of benzene rings is 3. The summed E-state index contributed by atoms with van der Waals surface area (Å²) in [5, 5.41) is 0. The van der Waals surface area contributed by atoms with Gasteiger partial charge in [-0.15, -0.1) is 0 Å². The molecule has 0 saturated carbocycles. The van der Waals surface area contributed by atoms with Crippen molar-refractivity contribution >= 4 is 11.9 Å². The standard InChI is InChI=1S/C30H27F2NO3/c1-17-21(12-13-27(31)28(17)32)29(34)18-14-19-10-11-20(15-18)33(19)30(35)36-16-26-24-8-4-2-6-22(24)23-7-3-5-9-25(23)26/h2-9,12-13,18-20,26H,10-11,14-16H2,1H3. The average molecular weight is 488 g/mol. The number of nitrogens with zero attached hydrogens (tertiary/aromatic N) is 1. The van der Waals surface area contributed by atoms with Crippen LogP contribution in [-0.4, -0.2) is 35.5 Å². The Bertz CT molecular complexity index is 1310. The molecule has 184 valence electrons. The van der Waals surface area contributed by atoms with E-state index >= 15 is 0 Å². The van der Waals surface area contributed by atoms with E-state index in [1.807, 2.05) is 29.2 Å². The number of piperidine rings is 1. The topological polar surface area (TPSA) is 46.6 Å². The molecule has 2 atom stereocenters. The highest BCUT2D eigenvalue weighted by atomic mass is 19.2. The predicted molar refractivity (Wildman–Crippen MR) is 132 cm³/mol. The van der Waals surface area contributed by atoms with Crippen molar-refractivity contribution < 1.29 is 23.1 Å². The summed E-state index contributed by atoms with van der Waals surface area (Å²) in [6.45, 7) is 1.70. The summed E-state index contributed by atoms with van der Waals surface area (Å²) in [6.07, 6.45) is 2.32. The van der Waals surface area contributed by atoms with Crippen LogP contribution in [0.1, 0.15) is 58.6 Å². The van der Waals surface area contributed by atoms with Crippen LogP contribution in [0, 0.1) is 24.5 Å². The smallest absolute Gasteiger partial charge is 0.410 e. The van der Waals surface area contributed by atoms with Gasteiger partial charge < -0.3 is 9.64 Å². The lowest BCUT2D eigenvalue weighted by Crippen LogP contribution is -2.48. The molecule has 0 N–H and O–H groups in total. The minimum absolute atomic E-state index is 0.00512. The molecule has 4 nitrogen and oxygen atoms in total. The molecule has 0 aromatic heterocycles. The van der Waals surface area contributed by atoms with E-state index in [1.165, 1.54) is 35.2 Å². The van der Waals surface area contributed by atoms with Gasteiger partial charge in [0.05, 0.1) is 0 Å². The van der Waals surface area contributed by atoms with Crippen molar-refractivity contribution in [1.82, 2.24) is 4.90 Å². The van der Waals surface area contributed by atoms with Crippen molar-refractivity contribution in [3.8, 4) is 11.1 Å². The molecule has 2 saturated heterocycles. The zero-order chi connectivity index (χ0) is 25.0. The van der Waals surface area contributed by atoms with Crippen molar-refractivity contribution in [3.63, 3.8) is 0 Å². The predicted octanol–water partition coefficient (Wildman–Crippen LogP) is 6.65. The third kappa shape index (κ3) is 3.62. The van der Waals surface area contributed by atoms with Crippen LogP contribution in [0.25, 0.3) is 11.1 Å². The lowest BCUT2D eigenvalue weighted by molar-refractivity contribution is 0.0505. The SMILES string of the molecule is Cc1c(C(=O)C2CC3CCC(C2)N3C(=O)OCC2c3ccccc3-c3ccccc32)ccc(F)c1F. The van der Waals surface area contributed by atoms with Gasteiger partial charge in [0.2, 0.25) is 0 Å². The van der Waals surface area contributed by atoms with E-state index in [9.17, 15) is 18.4 Å². The number of ether oxygens (including phenoxy) is 1. The van der Waals surface area contributed by atoms with E-state index in [-0.39, 0.29) is 53.5 Å². The van der Waals surface area contributed by atoms with Gasteiger partial charge in [-0.1, -0.05) is 48.5 Å². The number of Topliss-reactive ketones (excluding diaryl/α,β-unsaturated/α-hetero) is 1.